The monoisotopic (exact) mass is 2450 g/mol. The minimum Gasteiger partial charge on any atom is -0.268 e. The van der Waals surface area contributed by atoms with Gasteiger partial charge in [0.05, 0.1) is 0 Å². The van der Waals surface area contributed by atoms with Gasteiger partial charge in [0.2, 0.25) is 0 Å². The first-order valence-corrected chi connectivity index (χ1v) is 114. The van der Waals surface area contributed by atoms with Crippen molar-refractivity contribution in [1.29, 1.82) is 0 Å². The fraction of sp³-hybridized carbons (Fsp3) is 0. The van der Waals surface area contributed by atoms with Gasteiger partial charge in [-0.2, -0.15) is 0 Å². The Bertz CT molecular complexity index is 1110. The molecule has 2 N–H and O–H groups in total. The lowest BCUT2D eigenvalue weighted by molar-refractivity contribution is 2.07. The topological polar surface area (TPSA) is 26.0 Å². The quantitative estimate of drug-likeness (QED) is 0.0271. The van der Waals surface area contributed by atoms with E-state index >= 15 is 0 Å². The average molecular weight is 2450 g/mol. The van der Waals surface area contributed by atoms with E-state index in [0.717, 1.165) is 0 Å². The molecule has 0 aliphatic heterocycles. The first-order chi connectivity index (χ1) is 38.1. The molecule has 0 amide bonds. The highest BCUT2D eigenvalue weighted by atomic mass is 34.1. The predicted molar refractivity (Wildman–Crippen MR) is 583 cm³/mol. The number of hydrogen-bond acceptors (Lipinski definition) is 75. The molecule has 77 heavy (non-hydrogen) atoms. The van der Waals surface area contributed by atoms with E-state index < -0.39 is 5.80 Å². The highest BCUT2D eigenvalue weighted by Gasteiger charge is 2.07. The number of hydrogen-bond donors (Lipinski definition) is 1. The second-order valence-electron chi connectivity index (χ2n) is 5.42. The maximum absolute atomic E-state index is 5.37. The highest BCUT2D eigenvalue weighted by Crippen LogP contribution is 2.71. The minimum atomic E-state index is -1.39. The van der Waals surface area contributed by atoms with Crippen LogP contribution in [0.15, 0.2) is 0 Å². The molecule has 0 aromatic rings. The van der Waals surface area contributed by atoms with Crippen molar-refractivity contribution in [3.05, 3.63) is 0 Å². The van der Waals surface area contributed by atoms with E-state index in [1.165, 1.54) is 11.0 Å². The van der Waals surface area contributed by atoms with Crippen LogP contribution in [0.3, 0.4) is 0 Å². The summed E-state index contributed by atoms with van der Waals surface area (Å²) in [5, 5.41) is 5.37. The van der Waals surface area contributed by atoms with Gasteiger partial charge in [-0.3, -0.25) is 5.14 Å². The van der Waals surface area contributed by atoms with E-state index in [4.69, 9.17) is 27.5 Å². The summed E-state index contributed by atoms with van der Waals surface area (Å²) in [6, 6.07) is 0. The second-order valence-corrected chi connectivity index (χ2v) is 145. The summed E-state index contributed by atoms with van der Waals surface area (Å²) >= 11 is 10.4. The Morgan fingerprint density at radius 3 is 0.312 bits per heavy atom. The van der Waals surface area contributed by atoms with E-state index in [-0.39, 0.29) is 0 Å². The third-order valence-electron chi connectivity index (χ3n) is 2.08. The zero-order valence-corrected chi connectivity index (χ0v) is 94.2. The van der Waals surface area contributed by atoms with Crippen LogP contribution in [0.4, 0.5) is 0 Å². The Balaban J connectivity index is 3.08. The maximum atomic E-state index is 5.37. The molecule has 1 unspecified atom stereocenters. The molecule has 0 aromatic carbocycles. The Labute approximate surface area is 729 Å². The van der Waals surface area contributed by atoms with E-state index in [1.807, 2.05) is 550 Å². The van der Waals surface area contributed by atoms with Crippen LogP contribution < -0.4 is 5.14 Å². The molecule has 0 aliphatic carbocycles. The lowest BCUT2D eigenvalue weighted by atomic mass is 14.0. The van der Waals surface area contributed by atoms with Crippen LogP contribution in [-0.4, -0.2) is 0 Å². The van der Waals surface area contributed by atoms with E-state index in [9.17, 15) is 0 Å². The highest BCUT2D eigenvalue weighted by molar-refractivity contribution is 9.66. The lowest BCUT2D eigenvalue weighted by Crippen LogP contribution is -1.62. The second kappa shape index (κ2) is 96.6. The zero-order valence-electron chi connectivity index (χ0n) is 31.8. The van der Waals surface area contributed by atoms with E-state index in [2.05, 4.69) is 8.44 Å². The summed E-state index contributed by atoms with van der Waals surface area (Å²) in [6.07, 6.45) is 0. The van der Waals surface area contributed by atoms with Crippen LogP contribution in [0.5, 0.6) is 0 Å². The summed E-state index contributed by atoms with van der Waals surface area (Å²) in [6.45, 7) is 0. The molecule has 0 saturated heterocycles. The van der Waals surface area contributed by atoms with Crippen molar-refractivity contribution in [3.63, 3.8) is 0 Å². The van der Waals surface area contributed by atoms with Crippen LogP contribution in [0.25, 0.3) is 0 Å². The van der Waals surface area contributed by atoms with Crippen molar-refractivity contribution < 1.29 is 0 Å². The third-order valence-corrected chi connectivity index (χ3v) is 166. The summed E-state index contributed by atoms with van der Waals surface area (Å²) < 4.78 is 0. The molecular formula is H4NPS75. The standard InChI is InChI=1S/H4NPS75/c1-5-6-7-8-9-10-11-12-13-14-15-16-17-18-19-20-21-22-23-24-25-26-27-28-29-30-31-32-33-34-35-36-37-38-39-40-41-42-43-44-45-46-47-48-49-50-51-52-53-54-55-56-57-58-59-60-61-62-63-64-65-66-67-68-69-70-71-72-73-74-75-76-77(2,3)4/h1-2H2. The third kappa shape index (κ3) is 102. The molecule has 0 radical (unpaired) electrons. The Morgan fingerprint density at radius 2 is 0.234 bits per heavy atom. The van der Waals surface area contributed by atoms with Gasteiger partial charge in [-0.25, -0.2) is 0 Å². The first-order valence-electron chi connectivity index (χ1n) is 12.8. The van der Waals surface area contributed by atoms with Gasteiger partial charge in [0.1, 0.15) is 0 Å². The molecule has 0 bridgehead atoms. The van der Waals surface area contributed by atoms with Crippen LogP contribution in [0, 0.1) is 0 Å². The van der Waals surface area contributed by atoms with E-state index in [0.29, 0.717) is 0 Å². The molecule has 0 aliphatic rings. The lowest BCUT2D eigenvalue weighted by Gasteiger charge is -2.00. The zero-order chi connectivity index (χ0) is 55.4. The molecule has 0 heterocycles. The van der Waals surface area contributed by atoms with Crippen molar-refractivity contribution in [2.45, 2.75) is 0 Å². The van der Waals surface area contributed by atoms with Gasteiger partial charge < -0.3 is 0 Å². The molecule has 0 fully saturated rings. The molecule has 0 saturated carbocycles. The summed E-state index contributed by atoms with van der Waals surface area (Å²) in [5.74, 6) is -1.39. The maximum Gasteiger partial charge on any atom is 0.00384 e. The van der Waals surface area contributed by atoms with Gasteiger partial charge in [0, 0.05) is 678 Å². The predicted octanol–water partition coefficient (Wildman–Crippen LogP) is 46.4. The molecule has 0 rings (SSSR count). The molecule has 1 nitrogen and oxygen atoms in total. The molecule has 1 atom stereocenters. The number of rotatable bonds is 72. The Morgan fingerprint density at radius 1 is 0.156 bits per heavy atom. The minimum absolute atomic E-state index is 1.29. The van der Waals surface area contributed by atoms with Crippen molar-refractivity contribution in [2.75, 3.05) is 0 Å². The van der Waals surface area contributed by atoms with Crippen molar-refractivity contribution >= 4 is 745 Å². The summed E-state index contributed by atoms with van der Waals surface area (Å²) in [4.78, 5) is 0. The largest absolute Gasteiger partial charge is 0.268 e. The Hall–Kier alpha value is 26.4. The number of nitrogens with two attached hydrogens (primary N) is 1. The van der Waals surface area contributed by atoms with Gasteiger partial charge in [-0.05, 0) is 58.8 Å². The summed E-state index contributed by atoms with van der Waals surface area (Å²) in [7, 11) is 132. The molecule has 0 spiro atoms. The molecule has 464 valence electrons. The van der Waals surface area contributed by atoms with Gasteiger partial charge in [-0.15, -0.1) is 0 Å². The fourth-order valence-corrected chi connectivity index (χ4v) is 201. The fourth-order valence-electron chi connectivity index (χ4n) is 0.837. The van der Waals surface area contributed by atoms with Crippen molar-refractivity contribution in [1.82, 2.24) is 0 Å². The van der Waals surface area contributed by atoms with Crippen LogP contribution in [-0.2, 0) is 28.2 Å². The van der Waals surface area contributed by atoms with Crippen LogP contribution >= 0.6 is 717 Å². The molecule has 77 heteroatoms. The van der Waals surface area contributed by atoms with Gasteiger partial charge >= 0.3 is 0 Å². The smallest absolute Gasteiger partial charge is 0.00384 e. The SMILES string of the molecule is NSSSSSSSSSSSSSSSSSSSSSSSSSSSSSSSSSSSSSSSSSSSSSSSSSSSSSSSSSSSSSSSSSSSSSSSSS(P)(=S)=S. The van der Waals surface area contributed by atoms with Crippen molar-refractivity contribution in [3.8, 4) is 0 Å². The molecular weight excluding hydrogens is 2450 g/mol. The Kier molecular flexibility index (Phi) is 130. The van der Waals surface area contributed by atoms with Crippen molar-refractivity contribution in [2.24, 2.45) is 5.14 Å². The van der Waals surface area contributed by atoms with E-state index in [1.54, 1.807) is 147 Å². The van der Waals surface area contributed by atoms with Crippen LogP contribution in [0.1, 0.15) is 0 Å². The van der Waals surface area contributed by atoms with Gasteiger partial charge in [0.15, 0.2) is 0 Å². The average Bonchev–Trinajstić information content (AvgIpc) is 3.42. The summed E-state index contributed by atoms with van der Waals surface area (Å²) in [5.41, 5.74) is 0. The van der Waals surface area contributed by atoms with Gasteiger partial charge in [0.25, 0.3) is 0 Å². The normalized spacial score (nSPS) is 12.0. The first kappa shape index (κ1) is 103. The van der Waals surface area contributed by atoms with Gasteiger partial charge in [-0.1, -0.05) is 8.44 Å². The molecule has 0 aromatic heterocycles. The van der Waals surface area contributed by atoms with Crippen LogP contribution in [0.2, 0.25) is 0 Å².